The van der Waals surface area contributed by atoms with E-state index in [9.17, 15) is 9.59 Å². The summed E-state index contributed by atoms with van der Waals surface area (Å²) in [5.41, 5.74) is 3.25. The summed E-state index contributed by atoms with van der Waals surface area (Å²) < 4.78 is 5.29. The van der Waals surface area contributed by atoms with Gasteiger partial charge in [-0.05, 0) is 59.9 Å². The first kappa shape index (κ1) is 22.6. The quantitative estimate of drug-likeness (QED) is 0.578. The van der Waals surface area contributed by atoms with Gasteiger partial charge in [0.1, 0.15) is 11.3 Å². The number of hydrogen-bond acceptors (Lipinski definition) is 3. The van der Waals surface area contributed by atoms with E-state index in [-0.39, 0.29) is 11.8 Å². The number of anilines is 1. The van der Waals surface area contributed by atoms with Crippen LogP contribution in [-0.4, -0.2) is 24.5 Å². The van der Waals surface area contributed by atoms with Crippen LogP contribution in [0, 0.1) is 0 Å². The molecule has 1 aliphatic heterocycles. The third-order valence-electron chi connectivity index (χ3n) is 6.35. The summed E-state index contributed by atoms with van der Waals surface area (Å²) in [5, 5.41) is 3.06. The normalized spacial score (nSPS) is 17.6. The molecule has 5 nitrogen and oxygen atoms in total. The summed E-state index contributed by atoms with van der Waals surface area (Å²) in [5.74, 6) is 0.701. The van der Waals surface area contributed by atoms with E-state index in [4.69, 9.17) is 4.74 Å². The number of benzene rings is 3. The molecule has 0 aliphatic carbocycles. The Morgan fingerprint density at radius 3 is 2.58 bits per heavy atom. The molecule has 5 heteroatoms. The van der Waals surface area contributed by atoms with Crippen molar-refractivity contribution in [2.75, 3.05) is 12.0 Å². The summed E-state index contributed by atoms with van der Waals surface area (Å²) in [6.45, 7) is 6.43. The van der Waals surface area contributed by atoms with Gasteiger partial charge in [-0.2, -0.15) is 0 Å². The molecule has 1 heterocycles. The van der Waals surface area contributed by atoms with Crippen molar-refractivity contribution in [1.29, 1.82) is 0 Å². The number of hydrogen-bond donors (Lipinski definition) is 1. The predicted molar refractivity (Wildman–Crippen MR) is 131 cm³/mol. The van der Waals surface area contributed by atoms with E-state index in [1.54, 1.807) is 12.0 Å². The molecule has 0 bridgehead atoms. The summed E-state index contributed by atoms with van der Waals surface area (Å²) in [4.78, 5) is 29.0. The Kier molecular flexibility index (Phi) is 6.23. The number of amides is 2. The lowest BCUT2D eigenvalue weighted by atomic mass is 9.82. The van der Waals surface area contributed by atoms with Crippen molar-refractivity contribution in [1.82, 2.24) is 5.32 Å². The van der Waals surface area contributed by atoms with Crippen LogP contribution in [-0.2, 0) is 17.8 Å². The van der Waals surface area contributed by atoms with Crippen LogP contribution in [0.5, 0.6) is 5.75 Å². The third kappa shape index (κ3) is 4.36. The molecule has 1 atom stereocenters. The van der Waals surface area contributed by atoms with Gasteiger partial charge in [-0.3, -0.25) is 14.5 Å². The number of fused-ring (bicyclic) bond motifs is 1. The van der Waals surface area contributed by atoms with E-state index in [1.165, 1.54) is 0 Å². The lowest BCUT2D eigenvalue weighted by Gasteiger charge is -2.44. The maximum Gasteiger partial charge on any atom is 0.259 e. The molecule has 4 rings (SSSR count). The summed E-state index contributed by atoms with van der Waals surface area (Å²) >= 11 is 0. The van der Waals surface area contributed by atoms with Gasteiger partial charge in [0.2, 0.25) is 5.91 Å². The lowest BCUT2D eigenvalue weighted by Crippen LogP contribution is -2.63. The largest absolute Gasteiger partial charge is 0.497 e. The second-order valence-electron chi connectivity index (χ2n) is 9.03. The van der Waals surface area contributed by atoms with Gasteiger partial charge in [-0.15, -0.1) is 0 Å². The van der Waals surface area contributed by atoms with Crippen LogP contribution in [0.15, 0.2) is 72.8 Å². The first-order valence-corrected chi connectivity index (χ1v) is 11.3. The fourth-order valence-corrected chi connectivity index (χ4v) is 4.44. The van der Waals surface area contributed by atoms with Gasteiger partial charge in [0.05, 0.1) is 7.11 Å². The number of methoxy groups -OCH3 is 1. The second-order valence-corrected chi connectivity index (χ2v) is 9.03. The minimum atomic E-state index is -1.07. The van der Waals surface area contributed by atoms with Crippen LogP contribution in [0.1, 0.15) is 53.7 Å². The molecule has 33 heavy (non-hydrogen) atoms. The molecule has 3 aromatic rings. The highest BCUT2D eigenvalue weighted by Crippen LogP contribution is 2.36. The van der Waals surface area contributed by atoms with Crippen molar-refractivity contribution in [3.8, 4) is 5.75 Å². The van der Waals surface area contributed by atoms with Crippen molar-refractivity contribution >= 4 is 17.5 Å². The molecule has 0 aromatic heterocycles. The van der Waals surface area contributed by atoms with Gasteiger partial charge in [-0.25, -0.2) is 0 Å². The molecule has 1 aliphatic rings. The van der Waals surface area contributed by atoms with Gasteiger partial charge >= 0.3 is 0 Å². The number of ether oxygens (including phenoxy) is 1. The predicted octanol–water partition coefficient (Wildman–Crippen LogP) is 5.10. The average molecular weight is 443 g/mol. The van der Waals surface area contributed by atoms with Crippen molar-refractivity contribution in [2.24, 2.45) is 0 Å². The summed E-state index contributed by atoms with van der Waals surface area (Å²) in [7, 11) is 1.62. The zero-order valence-corrected chi connectivity index (χ0v) is 19.6. The first-order valence-electron chi connectivity index (χ1n) is 11.3. The van der Waals surface area contributed by atoms with E-state index in [0.717, 1.165) is 28.1 Å². The molecule has 0 radical (unpaired) electrons. The molecule has 170 valence electrons. The summed E-state index contributed by atoms with van der Waals surface area (Å²) in [6.07, 6.45) is 0.435. The Balaban J connectivity index is 1.71. The van der Waals surface area contributed by atoms with Crippen molar-refractivity contribution < 1.29 is 14.3 Å². The maximum atomic E-state index is 13.7. The van der Waals surface area contributed by atoms with Gasteiger partial charge in [0.25, 0.3) is 5.91 Å². The molecule has 0 unspecified atom stereocenters. The van der Waals surface area contributed by atoms with Crippen molar-refractivity contribution in [2.45, 2.75) is 45.2 Å². The van der Waals surface area contributed by atoms with Gasteiger partial charge in [0, 0.05) is 24.2 Å². The minimum absolute atomic E-state index is 0.156. The van der Waals surface area contributed by atoms with Crippen molar-refractivity contribution in [3.05, 3.63) is 95.1 Å². The minimum Gasteiger partial charge on any atom is -0.497 e. The first-order chi connectivity index (χ1) is 15.8. The highest BCUT2D eigenvalue weighted by Gasteiger charge is 2.47. The van der Waals surface area contributed by atoms with Crippen LogP contribution in [0.2, 0.25) is 0 Å². The van der Waals surface area contributed by atoms with E-state index >= 15 is 0 Å². The number of carbonyl (C=O) groups is 2. The number of rotatable bonds is 6. The van der Waals surface area contributed by atoms with Gasteiger partial charge in [-0.1, -0.05) is 56.3 Å². The molecular formula is C28H30N2O3. The molecule has 3 aromatic carbocycles. The number of nitrogens with one attached hydrogen (secondary N) is 1. The maximum absolute atomic E-state index is 13.7. The standard InChI is InChI=1S/C28H30N2O3/c1-19(2)21-11-8-12-23(16-21)30-26(31)25-14-6-5-10-22(25)17-28(30,3)27(32)29-18-20-9-7-13-24(15-20)33-4/h5-16,19H,17-18H2,1-4H3,(H,29,32)/t28-/m1/s1. The Labute approximate surface area is 195 Å². The van der Waals surface area contributed by atoms with Crippen LogP contribution in [0.4, 0.5) is 5.69 Å². The Morgan fingerprint density at radius 2 is 1.82 bits per heavy atom. The van der Waals surface area contributed by atoms with E-state index in [1.807, 2.05) is 73.7 Å². The highest BCUT2D eigenvalue weighted by molar-refractivity contribution is 6.14. The Morgan fingerprint density at radius 1 is 1.06 bits per heavy atom. The molecule has 0 saturated carbocycles. The topological polar surface area (TPSA) is 58.6 Å². The monoisotopic (exact) mass is 442 g/mol. The van der Waals surface area contributed by atoms with E-state index < -0.39 is 5.54 Å². The van der Waals surface area contributed by atoms with Crippen LogP contribution in [0.25, 0.3) is 0 Å². The second kappa shape index (κ2) is 9.10. The third-order valence-corrected chi connectivity index (χ3v) is 6.35. The average Bonchev–Trinajstić information content (AvgIpc) is 2.82. The SMILES string of the molecule is COc1cccc(CNC(=O)[C@@]2(C)Cc3ccccc3C(=O)N2c2cccc(C(C)C)c2)c1. The molecule has 1 N–H and O–H groups in total. The van der Waals surface area contributed by atoms with Gasteiger partial charge in [0.15, 0.2) is 0 Å². The summed E-state index contributed by atoms with van der Waals surface area (Å²) in [6, 6.07) is 23.1. The number of nitrogens with zero attached hydrogens (tertiary/aromatic N) is 1. The van der Waals surface area contributed by atoms with Crippen LogP contribution >= 0.6 is 0 Å². The Hall–Kier alpha value is -3.60. The smallest absolute Gasteiger partial charge is 0.259 e. The molecule has 0 fully saturated rings. The van der Waals surface area contributed by atoms with Crippen LogP contribution < -0.4 is 15.0 Å². The van der Waals surface area contributed by atoms with E-state index in [0.29, 0.717) is 24.4 Å². The van der Waals surface area contributed by atoms with Crippen LogP contribution in [0.3, 0.4) is 0 Å². The van der Waals surface area contributed by atoms with Crippen molar-refractivity contribution in [3.63, 3.8) is 0 Å². The zero-order valence-electron chi connectivity index (χ0n) is 19.6. The molecule has 2 amide bonds. The number of carbonyl (C=O) groups excluding carboxylic acids is 2. The lowest BCUT2D eigenvalue weighted by molar-refractivity contribution is -0.126. The highest BCUT2D eigenvalue weighted by atomic mass is 16.5. The molecule has 0 spiro atoms. The zero-order chi connectivity index (χ0) is 23.6. The fraction of sp³-hybridized carbons (Fsp3) is 0.286. The van der Waals surface area contributed by atoms with E-state index in [2.05, 4.69) is 25.2 Å². The Bertz CT molecular complexity index is 1190. The molecular weight excluding hydrogens is 412 g/mol. The fourth-order valence-electron chi connectivity index (χ4n) is 4.44. The molecule has 0 saturated heterocycles. The van der Waals surface area contributed by atoms with Gasteiger partial charge < -0.3 is 10.1 Å².